The average Bonchev–Trinajstić information content (AvgIpc) is 2.17. The summed E-state index contributed by atoms with van der Waals surface area (Å²) in [6.45, 7) is 0.408. The zero-order valence-corrected chi connectivity index (χ0v) is 10.4. The van der Waals surface area contributed by atoms with E-state index in [1.54, 1.807) is 0 Å². The third kappa shape index (κ3) is 5.03. The molecular formula is C6H14O8P2. The van der Waals surface area contributed by atoms with Crippen molar-refractivity contribution in [2.45, 2.75) is 25.6 Å². The van der Waals surface area contributed by atoms with Gasteiger partial charge in [0, 0.05) is 13.7 Å². The van der Waals surface area contributed by atoms with E-state index >= 15 is 0 Å². The van der Waals surface area contributed by atoms with Crippen LogP contribution in [0.2, 0.25) is 0 Å². The maximum atomic E-state index is 11.3. The summed E-state index contributed by atoms with van der Waals surface area (Å²) < 4.78 is 39.7. The minimum atomic E-state index is -4.66. The van der Waals surface area contributed by atoms with Crippen molar-refractivity contribution in [2.75, 3.05) is 13.7 Å². The number of hydrogen-bond donors (Lipinski definition) is 2. The zero-order chi connectivity index (χ0) is 12.2. The van der Waals surface area contributed by atoms with Gasteiger partial charge in [-0.15, -0.1) is 0 Å². The van der Waals surface area contributed by atoms with Gasteiger partial charge in [-0.2, -0.15) is 4.31 Å². The molecule has 2 N–H and O–H groups in total. The van der Waals surface area contributed by atoms with Crippen molar-refractivity contribution in [2.24, 2.45) is 0 Å². The highest BCUT2D eigenvalue weighted by Gasteiger charge is 2.37. The molecule has 0 aromatic heterocycles. The summed E-state index contributed by atoms with van der Waals surface area (Å²) in [6, 6.07) is 0. The molecular weight excluding hydrogens is 262 g/mol. The molecule has 3 atom stereocenters. The van der Waals surface area contributed by atoms with E-state index in [2.05, 4.69) is 13.4 Å². The standard InChI is InChI=1S/C6H14O8P2/c1-11-15(7,8)14-16(9,10)13-6-4-2-3-5-12-6/h6H,2-5H2,1H3,(H,7,8)(H,9,10). The Labute approximate surface area is 92.7 Å². The fourth-order valence-corrected chi connectivity index (χ4v) is 3.05. The Morgan fingerprint density at radius 1 is 1.25 bits per heavy atom. The Hall–Kier alpha value is 0.220. The Bertz CT molecular complexity index is 312. The molecule has 10 heteroatoms. The van der Waals surface area contributed by atoms with E-state index < -0.39 is 21.9 Å². The molecule has 96 valence electrons. The quantitative estimate of drug-likeness (QED) is 0.724. The zero-order valence-electron chi connectivity index (χ0n) is 8.64. The molecule has 0 amide bonds. The molecule has 1 heterocycles. The lowest BCUT2D eigenvalue weighted by Crippen LogP contribution is -2.21. The second-order valence-electron chi connectivity index (χ2n) is 3.10. The Kier molecular flexibility index (Phi) is 5.10. The fourth-order valence-electron chi connectivity index (χ4n) is 1.13. The third-order valence-corrected chi connectivity index (χ3v) is 4.44. The van der Waals surface area contributed by atoms with Crippen LogP contribution in [0.25, 0.3) is 0 Å². The van der Waals surface area contributed by atoms with Crippen molar-refractivity contribution in [1.82, 2.24) is 0 Å². The molecule has 0 aromatic carbocycles. The van der Waals surface area contributed by atoms with Gasteiger partial charge in [0.1, 0.15) is 0 Å². The van der Waals surface area contributed by atoms with Crippen LogP contribution in [-0.2, 0) is 27.2 Å². The van der Waals surface area contributed by atoms with Gasteiger partial charge in [-0.1, -0.05) is 0 Å². The molecule has 3 unspecified atom stereocenters. The number of phosphoric ester groups is 2. The van der Waals surface area contributed by atoms with E-state index in [0.29, 0.717) is 13.0 Å². The summed E-state index contributed by atoms with van der Waals surface area (Å²) in [7, 11) is -8.35. The van der Waals surface area contributed by atoms with Gasteiger partial charge in [-0.05, 0) is 19.3 Å². The van der Waals surface area contributed by atoms with Crippen LogP contribution in [0.3, 0.4) is 0 Å². The molecule has 0 aliphatic carbocycles. The summed E-state index contributed by atoms with van der Waals surface area (Å²) in [6.07, 6.45) is 1.15. The largest absolute Gasteiger partial charge is 0.483 e. The summed E-state index contributed by atoms with van der Waals surface area (Å²) in [5.41, 5.74) is 0. The lowest BCUT2D eigenvalue weighted by atomic mass is 10.2. The highest BCUT2D eigenvalue weighted by Crippen LogP contribution is 2.60. The minimum Gasteiger partial charge on any atom is -0.352 e. The molecule has 0 aromatic rings. The normalized spacial score (nSPS) is 29.3. The first-order valence-electron chi connectivity index (χ1n) is 4.57. The van der Waals surface area contributed by atoms with E-state index in [1.165, 1.54) is 0 Å². The Morgan fingerprint density at radius 3 is 2.44 bits per heavy atom. The van der Waals surface area contributed by atoms with Gasteiger partial charge in [0.25, 0.3) is 0 Å². The van der Waals surface area contributed by atoms with Crippen LogP contribution in [-0.4, -0.2) is 29.8 Å². The summed E-state index contributed by atoms with van der Waals surface area (Å²) >= 11 is 0. The van der Waals surface area contributed by atoms with Crippen molar-refractivity contribution in [3.05, 3.63) is 0 Å². The van der Waals surface area contributed by atoms with Crippen LogP contribution in [0.5, 0.6) is 0 Å². The number of ether oxygens (including phenoxy) is 1. The molecule has 1 saturated heterocycles. The molecule has 0 saturated carbocycles. The monoisotopic (exact) mass is 276 g/mol. The van der Waals surface area contributed by atoms with Crippen LogP contribution in [0.4, 0.5) is 0 Å². The first-order valence-corrected chi connectivity index (χ1v) is 7.56. The third-order valence-electron chi connectivity index (χ3n) is 1.83. The first kappa shape index (κ1) is 14.3. The summed E-state index contributed by atoms with van der Waals surface area (Å²) in [5, 5.41) is 0. The van der Waals surface area contributed by atoms with Crippen molar-refractivity contribution in [3.63, 3.8) is 0 Å². The van der Waals surface area contributed by atoms with Gasteiger partial charge in [0.05, 0.1) is 0 Å². The predicted octanol–water partition coefficient (Wildman–Crippen LogP) is 1.39. The van der Waals surface area contributed by atoms with Crippen LogP contribution in [0, 0.1) is 0 Å². The summed E-state index contributed by atoms with van der Waals surface area (Å²) in [4.78, 5) is 18.0. The fraction of sp³-hybridized carbons (Fsp3) is 1.00. The van der Waals surface area contributed by atoms with Crippen LogP contribution in [0.1, 0.15) is 19.3 Å². The lowest BCUT2D eigenvalue weighted by Gasteiger charge is -2.24. The van der Waals surface area contributed by atoms with E-state index in [9.17, 15) is 9.13 Å². The molecule has 0 radical (unpaired) electrons. The maximum absolute atomic E-state index is 11.3. The molecule has 0 bridgehead atoms. The van der Waals surface area contributed by atoms with Gasteiger partial charge in [-0.3, -0.25) is 9.05 Å². The molecule has 1 aliphatic rings. The Balaban J connectivity index is 2.50. The average molecular weight is 276 g/mol. The van der Waals surface area contributed by atoms with E-state index in [0.717, 1.165) is 20.0 Å². The lowest BCUT2D eigenvalue weighted by molar-refractivity contribution is -0.115. The molecule has 1 fully saturated rings. The highest BCUT2D eigenvalue weighted by atomic mass is 31.3. The van der Waals surface area contributed by atoms with Crippen LogP contribution in [0.15, 0.2) is 0 Å². The number of rotatable bonds is 5. The SMILES string of the molecule is COP(=O)(O)OP(=O)(O)OC1CCCCO1. The van der Waals surface area contributed by atoms with E-state index in [1.807, 2.05) is 0 Å². The van der Waals surface area contributed by atoms with Crippen molar-refractivity contribution in [3.8, 4) is 0 Å². The van der Waals surface area contributed by atoms with Crippen molar-refractivity contribution in [1.29, 1.82) is 0 Å². The highest BCUT2D eigenvalue weighted by molar-refractivity contribution is 7.61. The molecule has 16 heavy (non-hydrogen) atoms. The smallest absolute Gasteiger partial charge is 0.352 e. The predicted molar refractivity (Wildman–Crippen MR) is 52.4 cm³/mol. The van der Waals surface area contributed by atoms with Crippen LogP contribution < -0.4 is 0 Å². The molecule has 0 spiro atoms. The molecule has 1 aliphatic heterocycles. The van der Waals surface area contributed by atoms with Gasteiger partial charge >= 0.3 is 15.6 Å². The second kappa shape index (κ2) is 5.71. The topological polar surface area (TPSA) is 112 Å². The minimum absolute atomic E-state index is 0.408. The van der Waals surface area contributed by atoms with Gasteiger partial charge in [-0.25, -0.2) is 9.13 Å². The van der Waals surface area contributed by atoms with Crippen LogP contribution >= 0.6 is 15.6 Å². The number of phosphoric acid groups is 2. The van der Waals surface area contributed by atoms with Crippen molar-refractivity contribution < 1.29 is 37.0 Å². The summed E-state index contributed by atoms with van der Waals surface area (Å²) in [5.74, 6) is 0. The maximum Gasteiger partial charge on any atom is 0.483 e. The van der Waals surface area contributed by atoms with Gasteiger partial charge in [0.2, 0.25) is 0 Å². The van der Waals surface area contributed by atoms with Gasteiger partial charge < -0.3 is 14.5 Å². The second-order valence-corrected chi connectivity index (χ2v) is 6.21. The van der Waals surface area contributed by atoms with Gasteiger partial charge in [0.15, 0.2) is 6.29 Å². The first-order chi connectivity index (χ1) is 7.35. The molecule has 8 nitrogen and oxygen atoms in total. The number of hydrogen-bond acceptors (Lipinski definition) is 6. The van der Waals surface area contributed by atoms with E-state index in [-0.39, 0.29) is 0 Å². The van der Waals surface area contributed by atoms with E-state index in [4.69, 9.17) is 14.5 Å². The van der Waals surface area contributed by atoms with Crippen molar-refractivity contribution >= 4 is 15.6 Å². The Morgan fingerprint density at radius 2 is 1.94 bits per heavy atom. The molecule has 1 rings (SSSR count).